The minimum atomic E-state index is -0.312. The number of para-hydroxylation sites is 2. The first-order chi connectivity index (χ1) is 34.0. The van der Waals surface area contributed by atoms with Crippen LogP contribution >= 0.6 is 0 Å². The Labute approximate surface area is 415 Å². The minimum Gasteiger partial charge on any atom is -0.456 e. The van der Waals surface area contributed by atoms with Gasteiger partial charge in [-0.1, -0.05) is 140 Å². The van der Waals surface area contributed by atoms with E-state index in [1.54, 1.807) is 0 Å². The van der Waals surface area contributed by atoms with Crippen molar-refractivity contribution in [1.82, 2.24) is 0 Å². The fourth-order valence-corrected chi connectivity index (χ4v) is 14.6. The first kappa shape index (κ1) is 41.2. The van der Waals surface area contributed by atoms with Crippen LogP contribution in [0.15, 0.2) is 160 Å². The van der Waals surface area contributed by atoms with Gasteiger partial charge in [-0.3, -0.25) is 0 Å². The molecule has 0 radical (unpaired) electrons. The second-order valence-corrected chi connectivity index (χ2v) is 23.4. The normalized spacial score (nSPS) is 16.5. The Morgan fingerprint density at radius 1 is 0.338 bits per heavy atom. The molecule has 0 saturated carbocycles. The van der Waals surface area contributed by atoms with Crippen LogP contribution in [0.3, 0.4) is 0 Å². The molecule has 0 bridgehead atoms. The lowest BCUT2D eigenvalue weighted by Gasteiger charge is -2.32. The lowest BCUT2D eigenvalue weighted by molar-refractivity contribution is 0.600. The van der Waals surface area contributed by atoms with Gasteiger partial charge in [-0.25, -0.2) is 0 Å². The van der Waals surface area contributed by atoms with Gasteiger partial charge >= 0.3 is 0 Å². The van der Waals surface area contributed by atoms with Crippen LogP contribution in [0.1, 0.15) is 111 Å². The van der Waals surface area contributed by atoms with Gasteiger partial charge in [-0.05, 0) is 175 Å². The maximum absolute atomic E-state index is 7.00. The highest BCUT2D eigenvalue weighted by Gasteiger charge is 2.49. The number of aryl methyl sites for hydroxylation is 2. The summed E-state index contributed by atoms with van der Waals surface area (Å²) in [6, 6.07) is 57.3. The molecule has 344 valence electrons. The zero-order chi connectivity index (χ0) is 48.4. The lowest BCUT2D eigenvalue weighted by Crippen LogP contribution is -2.24. The molecule has 4 aliphatic rings. The number of fused-ring (bicyclic) bond motifs is 22. The van der Waals surface area contributed by atoms with E-state index in [1.807, 2.05) is 0 Å². The van der Waals surface area contributed by atoms with E-state index in [2.05, 4.69) is 226 Å². The molecule has 15 rings (SSSR count). The molecule has 0 amide bonds. The predicted molar refractivity (Wildman–Crippen MR) is 295 cm³/mol. The molecule has 0 fully saturated rings. The summed E-state index contributed by atoms with van der Waals surface area (Å²) in [5.74, 6) is 0. The van der Waals surface area contributed by atoms with Crippen LogP contribution in [0.5, 0.6) is 0 Å². The zero-order valence-corrected chi connectivity index (χ0v) is 42.2. The Kier molecular flexibility index (Phi) is 7.66. The van der Waals surface area contributed by atoms with Gasteiger partial charge in [0.25, 0.3) is 0 Å². The van der Waals surface area contributed by atoms with Gasteiger partial charge in [-0.2, -0.15) is 0 Å². The highest BCUT2D eigenvalue weighted by atomic mass is 16.3. The summed E-state index contributed by atoms with van der Waals surface area (Å²) >= 11 is 0. The van der Waals surface area contributed by atoms with Crippen molar-refractivity contribution in [3.8, 4) is 44.5 Å². The predicted octanol–water partition coefficient (Wildman–Crippen LogP) is 18.8. The van der Waals surface area contributed by atoms with E-state index < -0.39 is 0 Å². The van der Waals surface area contributed by atoms with Gasteiger partial charge in [0.15, 0.2) is 0 Å². The third kappa shape index (κ3) is 5.04. The smallest absolute Gasteiger partial charge is 0.144 e. The highest BCUT2D eigenvalue weighted by Crippen LogP contribution is 2.64. The third-order valence-corrected chi connectivity index (χ3v) is 17.8. The SMILES string of the molecule is Cc1cc(C)cc(N(c2ccc3c(c2)C(C)(C)c2cc4c(cc2-3)C(C)(C)c2ccc3oc5ccccc5c3c2-4)c2ccc3c(c2)C(C)(C)c2c4c(c5oc6ccccc6c5c2-3)-c2ccccc2C4(C)C)c1. The molecule has 0 saturated heterocycles. The summed E-state index contributed by atoms with van der Waals surface area (Å²) in [7, 11) is 0. The molecule has 0 aliphatic heterocycles. The summed E-state index contributed by atoms with van der Waals surface area (Å²) in [5, 5.41) is 4.82. The number of benzene rings is 9. The van der Waals surface area contributed by atoms with Crippen molar-refractivity contribution in [2.45, 2.75) is 90.9 Å². The highest BCUT2D eigenvalue weighted by molar-refractivity contribution is 6.21. The molecule has 9 aromatic carbocycles. The van der Waals surface area contributed by atoms with Crippen LogP contribution in [0.25, 0.3) is 88.4 Å². The standard InChI is InChI=1S/C68H55NO2/c1-36-29-37(2)31-40(30-36)69(38-23-25-41-46-34-53-47(35-52(46)66(5,6)50(41)32-38)57-49(65(53,3)4)27-28-56-58(57)44-18-12-15-21-54(44)70-56)39-24-26-43-51(33-39)68(9,10)62-59(43)60-45-19-13-16-22-55(45)71-64(60)61-42-17-11-14-20-48(42)67(7,8)63(61)62/h11-35H,1-10H3. The van der Waals surface area contributed by atoms with Gasteiger partial charge in [0, 0.05) is 65.8 Å². The van der Waals surface area contributed by atoms with Crippen molar-refractivity contribution in [3.63, 3.8) is 0 Å². The monoisotopic (exact) mass is 917 g/mol. The van der Waals surface area contributed by atoms with E-state index in [0.29, 0.717) is 0 Å². The minimum absolute atomic E-state index is 0.170. The Morgan fingerprint density at radius 3 is 1.61 bits per heavy atom. The van der Waals surface area contributed by atoms with Crippen molar-refractivity contribution in [1.29, 1.82) is 0 Å². The number of hydrogen-bond acceptors (Lipinski definition) is 3. The van der Waals surface area contributed by atoms with Crippen LogP contribution in [-0.4, -0.2) is 0 Å². The molecule has 3 heteroatoms. The second-order valence-electron chi connectivity index (χ2n) is 23.4. The van der Waals surface area contributed by atoms with Gasteiger partial charge in [0.1, 0.15) is 22.3 Å². The largest absolute Gasteiger partial charge is 0.456 e. The van der Waals surface area contributed by atoms with E-state index in [-0.39, 0.29) is 21.7 Å². The Morgan fingerprint density at radius 2 is 0.873 bits per heavy atom. The fraction of sp³-hybridized carbons (Fsp3) is 0.206. The molecule has 4 aliphatic carbocycles. The fourth-order valence-electron chi connectivity index (χ4n) is 14.6. The summed E-state index contributed by atoms with van der Waals surface area (Å²) < 4.78 is 13.5. The Hall–Kier alpha value is -7.62. The molecule has 2 heterocycles. The molecule has 0 N–H and O–H groups in total. The Balaban J connectivity index is 0.920. The van der Waals surface area contributed by atoms with Crippen molar-refractivity contribution < 1.29 is 8.83 Å². The molecule has 0 spiro atoms. The number of nitrogens with zero attached hydrogens (tertiary/aromatic N) is 1. The van der Waals surface area contributed by atoms with Gasteiger partial charge in [-0.15, -0.1) is 0 Å². The quantitative estimate of drug-likeness (QED) is 0.177. The molecule has 2 aromatic heterocycles. The van der Waals surface area contributed by atoms with E-state index in [1.165, 1.54) is 127 Å². The molecular weight excluding hydrogens is 863 g/mol. The van der Waals surface area contributed by atoms with Crippen molar-refractivity contribution in [2.75, 3.05) is 4.90 Å². The number of anilines is 3. The van der Waals surface area contributed by atoms with Gasteiger partial charge in [0.2, 0.25) is 0 Å². The number of rotatable bonds is 3. The Bertz CT molecular complexity index is 4240. The van der Waals surface area contributed by atoms with Crippen LogP contribution in [0.2, 0.25) is 0 Å². The van der Waals surface area contributed by atoms with E-state index >= 15 is 0 Å². The summed E-state index contributed by atoms with van der Waals surface area (Å²) in [5.41, 5.74) is 30.4. The first-order valence-corrected chi connectivity index (χ1v) is 25.5. The number of hydrogen-bond donors (Lipinski definition) is 0. The molecule has 11 aromatic rings. The first-order valence-electron chi connectivity index (χ1n) is 25.5. The van der Waals surface area contributed by atoms with E-state index in [9.17, 15) is 0 Å². The van der Waals surface area contributed by atoms with Crippen LogP contribution in [0.4, 0.5) is 17.1 Å². The average Bonchev–Trinajstić information content (AvgIpc) is 4.14. The third-order valence-electron chi connectivity index (χ3n) is 17.8. The maximum atomic E-state index is 7.00. The van der Waals surface area contributed by atoms with Crippen LogP contribution < -0.4 is 4.90 Å². The lowest BCUT2D eigenvalue weighted by atomic mass is 9.72. The molecule has 0 atom stereocenters. The summed E-state index contributed by atoms with van der Waals surface area (Å²) in [6.07, 6.45) is 0. The van der Waals surface area contributed by atoms with Crippen LogP contribution in [-0.2, 0) is 21.7 Å². The zero-order valence-electron chi connectivity index (χ0n) is 42.2. The molecule has 71 heavy (non-hydrogen) atoms. The second kappa shape index (κ2) is 13.2. The summed E-state index contributed by atoms with van der Waals surface area (Å²) in [4.78, 5) is 2.52. The van der Waals surface area contributed by atoms with E-state index in [4.69, 9.17) is 8.83 Å². The maximum Gasteiger partial charge on any atom is 0.144 e. The summed E-state index contributed by atoms with van der Waals surface area (Å²) in [6.45, 7) is 23.8. The molecular formula is C68H55NO2. The van der Waals surface area contributed by atoms with Gasteiger partial charge < -0.3 is 13.7 Å². The average molecular weight is 918 g/mol. The van der Waals surface area contributed by atoms with Crippen molar-refractivity contribution >= 4 is 60.9 Å². The van der Waals surface area contributed by atoms with Gasteiger partial charge in [0.05, 0.1) is 0 Å². The van der Waals surface area contributed by atoms with Crippen molar-refractivity contribution in [2.24, 2.45) is 0 Å². The molecule has 3 nitrogen and oxygen atoms in total. The van der Waals surface area contributed by atoms with E-state index in [0.717, 1.165) is 33.7 Å². The topological polar surface area (TPSA) is 29.5 Å². The van der Waals surface area contributed by atoms with Crippen LogP contribution in [0, 0.1) is 13.8 Å². The molecule has 0 unspecified atom stereocenters. The number of furan rings is 2. The van der Waals surface area contributed by atoms with Crippen molar-refractivity contribution in [3.05, 3.63) is 207 Å².